The average Bonchev–Trinajstić information content (AvgIpc) is 2.64. The van der Waals surface area contributed by atoms with Crippen molar-refractivity contribution in [2.45, 2.75) is 27.7 Å². The largest absolute Gasteiger partial charge is 0.272 e. The molecule has 0 aliphatic rings. The number of benzene rings is 1. The number of nitro benzene ring substituents is 1. The van der Waals surface area contributed by atoms with Crippen LogP contribution in [0.4, 0.5) is 5.69 Å². The van der Waals surface area contributed by atoms with Gasteiger partial charge in [-0.3, -0.25) is 14.9 Å². The minimum Gasteiger partial charge on any atom is -0.272 e. The van der Waals surface area contributed by atoms with Gasteiger partial charge in [-0.05, 0) is 13.0 Å². The summed E-state index contributed by atoms with van der Waals surface area (Å²) in [5, 5.41) is 15.8. The summed E-state index contributed by atoms with van der Waals surface area (Å²) >= 11 is 0. The Kier molecular flexibility index (Phi) is 2.88. The third-order valence-electron chi connectivity index (χ3n) is 2.89. The molecule has 6 nitrogen and oxygen atoms in total. The van der Waals surface area contributed by atoms with Gasteiger partial charge < -0.3 is 0 Å². The summed E-state index contributed by atoms with van der Waals surface area (Å²) in [6.45, 7) is 7.14. The Morgan fingerprint density at radius 3 is 2.53 bits per heavy atom. The maximum absolute atomic E-state index is 12.3. The first-order valence-electron chi connectivity index (χ1n) is 5.90. The molecular formula is C13H15N3O3. The first kappa shape index (κ1) is 13.2. The monoisotopic (exact) mass is 261 g/mol. The van der Waals surface area contributed by atoms with Crippen LogP contribution >= 0.6 is 0 Å². The van der Waals surface area contributed by atoms with Crippen molar-refractivity contribution in [2.75, 3.05) is 0 Å². The van der Waals surface area contributed by atoms with E-state index in [1.165, 1.54) is 16.8 Å². The number of nitrogens with zero attached hydrogens (tertiary/aromatic N) is 3. The van der Waals surface area contributed by atoms with E-state index in [0.29, 0.717) is 11.2 Å². The number of hydrogen-bond donors (Lipinski definition) is 0. The van der Waals surface area contributed by atoms with Crippen molar-refractivity contribution in [1.29, 1.82) is 0 Å². The van der Waals surface area contributed by atoms with Crippen LogP contribution in [0.2, 0.25) is 0 Å². The fraction of sp³-hybridized carbons (Fsp3) is 0.385. The van der Waals surface area contributed by atoms with Gasteiger partial charge in [0, 0.05) is 22.9 Å². The molecule has 0 bridgehead atoms. The molecule has 0 atom stereocenters. The molecular weight excluding hydrogens is 246 g/mol. The van der Waals surface area contributed by atoms with Crippen molar-refractivity contribution in [1.82, 2.24) is 9.78 Å². The number of aromatic nitrogens is 2. The van der Waals surface area contributed by atoms with Crippen LogP contribution in [0, 0.1) is 22.5 Å². The smallest absolute Gasteiger partial charge is 0.271 e. The van der Waals surface area contributed by atoms with Crippen molar-refractivity contribution in [3.8, 4) is 0 Å². The fourth-order valence-corrected chi connectivity index (χ4v) is 1.85. The number of rotatable bonds is 1. The molecule has 1 heterocycles. The molecule has 19 heavy (non-hydrogen) atoms. The van der Waals surface area contributed by atoms with Crippen molar-refractivity contribution < 1.29 is 9.72 Å². The Balaban J connectivity index is 2.71. The van der Waals surface area contributed by atoms with Crippen LogP contribution in [-0.2, 0) is 0 Å². The molecule has 0 radical (unpaired) electrons. The van der Waals surface area contributed by atoms with Crippen molar-refractivity contribution in [2.24, 2.45) is 5.41 Å². The normalized spacial score (nSPS) is 11.8. The fourth-order valence-electron chi connectivity index (χ4n) is 1.85. The summed E-state index contributed by atoms with van der Waals surface area (Å²) in [4.78, 5) is 22.6. The molecule has 0 fully saturated rings. The summed E-state index contributed by atoms with van der Waals surface area (Å²) < 4.78 is 1.26. The van der Waals surface area contributed by atoms with Crippen molar-refractivity contribution in [3.63, 3.8) is 0 Å². The molecule has 6 heteroatoms. The number of carbonyl (C=O) groups excluding carboxylic acids is 1. The van der Waals surface area contributed by atoms with Gasteiger partial charge in [-0.1, -0.05) is 20.8 Å². The van der Waals surface area contributed by atoms with Gasteiger partial charge in [-0.25, -0.2) is 0 Å². The third-order valence-corrected chi connectivity index (χ3v) is 2.89. The van der Waals surface area contributed by atoms with E-state index >= 15 is 0 Å². The number of nitro groups is 1. The molecule has 1 aromatic heterocycles. The van der Waals surface area contributed by atoms with Crippen LogP contribution < -0.4 is 0 Å². The molecule has 2 aromatic rings. The van der Waals surface area contributed by atoms with E-state index in [1.807, 2.05) is 0 Å². The van der Waals surface area contributed by atoms with E-state index in [1.54, 1.807) is 33.8 Å². The van der Waals surface area contributed by atoms with Crippen LogP contribution in [0.25, 0.3) is 10.9 Å². The van der Waals surface area contributed by atoms with Crippen LogP contribution in [0.3, 0.4) is 0 Å². The Bertz CT molecular complexity index is 680. The van der Waals surface area contributed by atoms with Gasteiger partial charge in [0.2, 0.25) is 0 Å². The number of hydrogen-bond acceptors (Lipinski definition) is 4. The van der Waals surface area contributed by atoms with Crippen LogP contribution in [0.5, 0.6) is 0 Å². The van der Waals surface area contributed by atoms with E-state index in [2.05, 4.69) is 5.10 Å². The topological polar surface area (TPSA) is 78.0 Å². The Hall–Kier alpha value is -2.24. The molecule has 100 valence electrons. The molecule has 0 N–H and O–H groups in total. The molecule has 0 aliphatic heterocycles. The second-order valence-electron chi connectivity index (χ2n) is 5.51. The van der Waals surface area contributed by atoms with E-state index < -0.39 is 10.3 Å². The van der Waals surface area contributed by atoms with Gasteiger partial charge >= 0.3 is 0 Å². The quantitative estimate of drug-likeness (QED) is 0.584. The lowest BCUT2D eigenvalue weighted by atomic mass is 9.96. The highest BCUT2D eigenvalue weighted by Gasteiger charge is 2.26. The van der Waals surface area contributed by atoms with Gasteiger partial charge in [-0.2, -0.15) is 9.78 Å². The van der Waals surface area contributed by atoms with Crippen LogP contribution in [0.1, 0.15) is 31.3 Å². The first-order valence-corrected chi connectivity index (χ1v) is 5.90. The summed E-state index contributed by atoms with van der Waals surface area (Å²) in [6.07, 6.45) is 0. The zero-order valence-electron chi connectivity index (χ0n) is 11.3. The van der Waals surface area contributed by atoms with Gasteiger partial charge in [0.15, 0.2) is 0 Å². The Morgan fingerprint density at radius 2 is 2.00 bits per heavy atom. The minimum atomic E-state index is -0.601. The Morgan fingerprint density at radius 1 is 1.37 bits per heavy atom. The zero-order chi connectivity index (χ0) is 14.4. The summed E-state index contributed by atoms with van der Waals surface area (Å²) in [5.74, 6) is -0.189. The lowest BCUT2D eigenvalue weighted by Gasteiger charge is -2.16. The third kappa shape index (κ3) is 2.21. The maximum Gasteiger partial charge on any atom is 0.271 e. The van der Waals surface area contributed by atoms with Gasteiger partial charge in [0.25, 0.3) is 11.6 Å². The predicted octanol–water partition coefficient (Wildman–Crippen LogP) is 2.94. The SMILES string of the molecule is Cc1nn(C(=O)C(C)(C)C)c2cc([N+](=O)[O-])ccc12. The van der Waals surface area contributed by atoms with E-state index in [0.717, 1.165) is 5.39 Å². The second-order valence-corrected chi connectivity index (χ2v) is 5.51. The highest BCUT2D eigenvalue weighted by atomic mass is 16.6. The summed E-state index contributed by atoms with van der Waals surface area (Å²) in [5.41, 5.74) is 0.514. The standard InChI is InChI=1S/C13H15N3O3/c1-8-10-6-5-9(16(18)19)7-11(10)15(14-8)12(17)13(2,3)4/h5-7H,1-4H3. The maximum atomic E-state index is 12.3. The summed E-state index contributed by atoms with van der Waals surface area (Å²) in [7, 11) is 0. The number of carbonyl (C=O) groups is 1. The van der Waals surface area contributed by atoms with Crippen molar-refractivity contribution >= 4 is 22.5 Å². The van der Waals surface area contributed by atoms with E-state index in [9.17, 15) is 14.9 Å². The van der Waals surface area contributed by atoms with Crippen LogP contribution in [0.15, 0.2) is 18.2 Å². The number of fused-ring (bicyclic) bond motifs is 1. The Labute approximate surface area is 110 Å². The average molecular weight is 261 g/mol. The highest BCUT2D eigenvalue weighted by molar-refractivity contribution is 5.95. The second kappa shape index (κ2) is 4.15. The minimum absolute atomic E-state index is 0.0460. The zero-order valence-corrected chi connectivity index (χ0v) is 11.3. The molecule has 1 aromatic carbocycles. The lowest BCUT2D eigenvalue weighted by molar-refractivity contribution is -0.384. The molecule has 0 spiro atoms. The number of non-ortho nitro benzene ring substituents is 1. The van der Waals surface area contributed by atoms with E-state index in [4.69, 9.17) is 0 Å². The van der Waals surface area contributed by atoms with Crippen LogP contribution in [-0.4, -0.2) is 20.6 Å². The highest BCUT2D eigenvalue weighted by Crippen LogP contribution is 2.26. The van der Waals surface area contributed by atoms with Gasteiger partial charge in [0.1, 0.15) is 0 Å². The molecule has 0 saturated heterocycles. The van der Waals surface area contributed by atoms with Gasteiger partial charge in [-0.15, -0.1) is 0 Å². The molecule has 0 unspecified atom stereocenters. The molecule has 0 amide bonds. The molecule has 0 aliphatic carbocycles. The molecule has 0 saturated carbocycles. The summed E-state index contributed by atoms with van der Waals surface area (Å²) in [6, 6.07) is 4.43. The number of aryl methyl sites for hydroxylation is 1. The first-order chi connectivity index (χ1) is 8.71. The molecule has 2 rings (SSSR count). The lowest BCUT2D eigenvalue weighted by Crippen LogP contribution is -2.27. The van der Waals surface area contributed by atoms with E-state index in [-0.39, 0.29) is 11.6 Å². The van der Waals surface area contributed by atoms with Gasteiger partial charge in [0.05, 0.1) is 16.1 Å². The van der Waals surface area contributed by atoms with Crippen molar-refractivity contribution in [3.05, 3.63) is 34.0 Å². The predicted molar refractivity (Wildman–Crippen MR) is 71.2 cm³/mol.